The zero-order chi connectivity index (χ0) is 16.9. The van der Waals surface area contributed by atoms with Crippen molar-refractivity contribution in [3.8, 4) is 0 Å². The van der Waals surface area contributed by atoms with Crippen LogP contribution in [0.15, 0.2) is 58.7 Å². The molecule has 0 atom stereocenters. The lowest BCUT2D eigenvalue weighted by molar-refractivity contribution is -0.104. The summed E-state index contributed by atoms with van der Waals surface area (Å²) in [5, 5.41) is 0. The Kier molecular flexibility index (Phi) is 5.98. The van der Waals surface area contributed by atoms with Gasteiger partial charge in [-0.05, 0) is 80.1 Å². The van der Waals surface area contributed by atoms with E-state index in [0.717, 1.165) is 17.8 Å². The third kappa shape index (κ3) is 5.20. The summed E-state index contributed by atoms with van der Waals surface area (Å²) >= 11 is 0. The molecule has 1 saturated carbocycles. The molecule has 2 aliphatic rings. The molecule has 0 spiro atoms. The largest absolute Gasteiger partial charge is 0.299 e. The van der Waals surface area contributed by atoms with Gasteiger partial charge in [-0.3, -0.25) is 4.79 Å². The normalized spacial score (nSPS) is 23.1. The van der Waals surface area contributed by atoms with Gasteiger partial charge in [0.2, 0.25) is 0 Å². The van der Waals surface area contributed by atoms with Crippen LogP contribution in [0.3, 0.4) is 0 Å². The number of allylic oxidation sites excluding steroid dienone is 10. The van der Waals surface area contributed by atoms with Gasteiger partial charge >= 0.3 is 0 Å². The van der Waals surface area contributed by atoms with Crippen molar-refractivity contribution in [1.82, 2.24) is 0 Å². The Bertz CT molecular complexity index is 589. The van der Waals surface area contributed by atoms with E-state index < -0.39 is 0 Å². The average molecular weight is 310 g/mol. The maximum absolute atomic E-state index is 10.5. The third-order valence-electron chi connectivity index (χ3n) is 5.01. The van der Waals surface area contributed by atoms with Gasteiger partial charge in [-0.25, -0.2) is 0 Å². The Morgan fingerprint density at radius 1 is 1.17 bits per heavy atom. The summed E-state index contributed by atoms with van der Waals surface area (Å²) in [6.45, 7) is 8.96. The molecule has 1 nitrogen and oxygen atoms in total. The summed E-state index contributed by atoms with van der Waals surface area (Å²) in [7, 11) is 0. The van der Waals surface area contributed by atoms with Crippen LogP contribution >= 0.6 is 0 Å². The molecule has 0 heterocycles. The number of carbonyl (C=O) groups excluding carboxylic acids is 1. The molecule has 0 aliphatic heterocycles. The van der Waals surface area contributed by atoms with Gasteiger partial charge in [0.05, 0.1) is 0 Å². The molecule has 0 aromatic rings. The fraction of sp³-hybridized carbons (Fsp3) is 0.500. The van der Waals surface area contributed by atoms with Crippen molar-refractivity contribution in [3.63, 3.8) is 0 Å². The van der Waals surface area contributed by atoms with Crippen molar-refractivity contribution in [2.45, 2.75) is 59.8 Å². The van der Waals surface area contributed by atoms with Gasteiger partial charge in [0.15, 0.2) is 0 Å². The van der Waals surface area contributed by atoms with E-state index in [1.165, 1.54) is 43.3 Å². The Balaban J connectivity index is 2.16. The first kappa shape index (κ1) is 17.7. The van der Waals surface area contributed by atoms with Gasteiger partial charge in [0.25, 0.3) is 0 Å². The molecule has 0 unspecified atom stereocenters. The fourth-order valence-corrected chi connectivity index (χ4v) is 3.41. The van der Waals surface area contributed by atoms with Crippen LogP contribution in [0.1, 0.15) is 59.8 Å². The van der Waals surface area contributed by atoms with Crippen LogP contribution in [0.2, 0.25) is 0 Å². The van der Waals surface area contributed by atoms with Crippen molar-refractivity contribution in [2.75, 3.05) is 0 Å². The molecule has 0 aromatic heterocycles. The third-order valence-corrected chi connectivity index (χ3v) is 5.01. The van der Waals surface area contributed by atoms with Gasteiger partial charge in [-0.2, -0.15) is 0 Å². The first-order chi connectivity index (χ1) is 10.9. The number of rotatable bonds is 6. The average Bonchev–Trinajstić information content (AvgIpc) is 3.29. The van der Waals surface area contributed by atoms with Crippen LogP contribution in [-0.4, -0.2) is 6.29 Å². The quantitative estimate of drug-likeness (QED) is 0.329. The first-order valence-corrected chi connectivity index (χ1v) is 8.82. The first-order valence-electron chi connectivity index (χ1n) is 8.82. The van der Waals surface area contributed by atoms with E-state index in [9.17, 15) is 4.79 Å². The van der Waals surface area contributed by atoms with E-state index in [0.29, 0.717) is 5.41 Å². The fourth-order valence-electron chi connectivity index (χ4n) is 3.41. The van der Waals surface area contributed by atoms with Gasteiger partial charge in [0, 0.05) is 0 Å². The predicted octanol–water partition coefficient (Wildman–Crippen LogP) is 6.11. The number of hydrogen-bond donors (Lipinski definition) is 0. The molecule has 0 radical (unpaired) electrons. The van der Waals surface area contributed by atoms with Crippen molar-refractivity contribution in [1.29, 1.82) is 0 Å². The van der Waals surface area contributed by atoms with E-state index in [1.54, 1.807) is 11.6 Å². The van der Waals surface area contributed by atoms with Crippen molar-refractivity contribution >= 4 is 6.29 Å². The van der Waals surface area contributed by atoms with Crippen LogP contribution in [-0.2, 0) is 4.79 Å². The Labute approximate surface area is 141 Å². The summed E-state index contributed by atoms with van der Waals surface area (Å²) in [6, 6.07) is 0. The van der Waals surface area contributed by atoms with E-state index in [1.807, 2.05) is 13.0 Å². The van der Waals surface area contributed by atoms with Crippen LogP contribution in [0.4, 0.5) is 0 Å². The zero-order valence-electron chi connectivity index (χ0n) is 15.1. The second-order valence-electron chi connectivity index (χ2n) is 7.61. The van der Waals surface area contributed by atoms with Gasteiger partial charge in [-0.15, -0.1) is 0 Å². The summed E-state index contributed by atoms with van der Waals surface area (Å²) in [5.74, 6) is 0.721. The standard InChI is InChI=1S/C22H30O/c1-17(14-16-23)7-5-9-19(20-10-11-20)12-13-21-18(2)8-6-15-22(21,3)4/h5,7,9,12-14,16,20H,6,8,10-11,15H2,1-4H3/b7-5-,13-12+,17-14+,19-9-. The highest BCUT2D eigenvalue weighted by Crippen LogP contribution is 2.42. The smallest absolute Gasteiger partial charge is 0.143 e. The van der Waals surface area contributed by atoms with E-state index in [4.69, 9.17) is 0 Å². The van der Waals surface area contributed by atoms with Crippen LogP contribution in [0.25, 0.3) is 0 Å². The Morgan fingerprint density at radius 2 is 1.91 bits per heavy atom. The lowest BCUT2D eigenvalue weighted by Crippen LogP contribution is -2.19. The molecular weight excluding hydrogens is 280 g/mol. The van der Waals surface area contributed by atoms with E-state index in [2.05, 4.69) is 45.1 Å². The predicted molar refractivity (Wildman–Crippen MR) is 99.2 cm³/mol. The minimum Gasteiger partial charge on any atom is -0.299 e. The Morgan fingerprint density at radius 3 is 2.52 bits per heavy atom. The summed E-state index contributed by atoms with van der Waals surface area (Å²) in [6.07, 6.45) is 19.8. The molecule has 23 heavy (non-hydrogen) atoms. The van der Waals surface area contributed by atoms with Gasteiger partial charge in [0.1, 0.15) is 6.29 Å². The van der Waals surface area contributed by atoms with E-state index >= 15 is 0 Å². The number of carbonyl (C=O) groups is 1. The highest BCUT2D eigenvalue weighted by molar-refractivity contribution is 5.67. The molecule has 1 heteroatoms. The lowest BCUT2D eigenvalue weighted by atomic mass is 9.72. The van der Waals surface area contributed by atoms with Crippen molar-refractivity contribution < 1.29 is 4.79 Å². The molecule has 0 N–H and O–H groups in total. The summed E-state index contributed by atoms with van der Waals surface area (Å²) < 4.78 is 0. The maximum atomic E-state index is 10.5. The molecule has 2 aliphatic carbocycles. The molecule has 2 rings (SSSR count). The molecule has 0 bridgehead atoms. The monoisotopic (exact) mass is 310 g/mol. The lowest BCUT2D eigenvalue weighted by Gasteiger charge is -2.33. The Hall–Kier alpha value is -1.63. The van der Waals surface area contributed by atoms with Gasteiger partial charge < -0.3 is 0 Å². The highest BCUT2D eigenvalue weighted by Gasteiger charge is 2.28. The molecule has 0 amide bonds. The minimum absolute atomic E-state index is 0.298. The molecule has 124 valence electrons. The second-order valence-corrected chi connectivity index (χ2v) is 7.61. The molecule has 0 aromatic carbocycles. The molecule has 0 saturated heterocycles. The zero-order valence-corrected chi connectivity index (χ0v) is 15.1. The van der Waals surface area contributed by atoms with Crippen molar-refractivity contribution in [3.05, 3.63) is 58.7 Å². The van der Waals surface area contributed by atoms with Crippen LogP contribution < -0.4 is 0 Å². The summed E-state index contributed by atoms with van der Waals surface area (Å²) in [4.78, 5) is 10.5. The minimum atomic E-state index is 0.298. The van der Waals surface area contributed by atoms with Gasteiger partial charge in [-0.1, -0.05) is 49.8 Å². The SMILES string of the molecule is CC1=C(/C=C/C(=C/C=C\C(C)=C\C=O)C2CC2)C(C)(C)CCC1. The molecular formula is C22H30O. The number of hydrogen-bond acceptors (Lipinski definition) is 1. The summed E-state index contributed by atoms with van der Waals surface area (Å²) in [5.41, 5.74) is 5.78. The second kappa shape index (κ2) is 7.77. The van der Waals surface area contributed by atoms with Crippen molar-refractivity contribution in [2.24, 2.45) is 11.3 Å². The van der Waals surface area contributed by atoms with Crippen LogP contribution in [0, 0.1) is 11.3 Å². The highest BCUT2D eigenvalue weighted by atomic mass is 16.1. The van der Waals surface area contributed by atoms with E-state index in [-0.39, 0.29) is 0 Å². The number of aldehydes is 1. The topological polar surface area (TPSA) is 17.1 Å². The van der Waals surface area contributed by atoms with Crippen LogP contribution in [0.5, 0.6) is 0 Å². The molecule has 1 fully saturated rings. The maximum Gasteiger partial charge on any atom is 0.143 e.